The van der Waals surface area contributed by atoms with Crippen LogP contribution in [0.4, 0.5) is 5.95 Å². The lowest BCUT2D eigenvalue weighted by Crippen LogP contribution is -2.38. The van der Waals surface area contributed by atoms with Crippen molar-refractivity contribution in [3.63, 3.8) is 0 Å². The summed E-state index contributed by atoms with van der Waals surface area (Å²) in [5.41, 5.74) is 11.6. The number of nitrogens with two attached hydrogens (primary N) is 2. The Labute approximate surface area is 275 Å². The van der Waals surface area contributed by atoms with Gasteiger partial charge in [0, 0.05) is 18.8 Å². The fraction of sp³-hybridized carbons (Fsp3) is 0.800. The van der Waals surface area contributed by atoms with Crippen molar-refractivity contribution in [2.45, 2.75) is 155 Å². The standard InChI is InChI=1S/C35H62N6O5/c1-4-5-6-7-8-9-10-11-12-13-14-15-16-17-18-19-20-21-29(42)45-23-22-27(25-46-34(44)30(36)26(2)3)24-28-38-31-32(39-28)40-35(37)41-33(31)43/h26-27,30H,4-25,36H2,1-3H3,(H4,37,38,39,40,41,43)/t27?,30-/m0/s1. The van der Waals surface area contributed by atoms with Gasteiger partial charge in [0.25, 0.3) is 5.56 Å². The summed E-state index contributed by atoms with van der Waals surface area (Å²) >= 11 is 0. The zero-order valence-electron chi connectivity index (χ0n) is 28.9. The molecular formula is C35H62N6O5. The Hall–Kier alpha value is -2.95. The summed E-state index contributed by atoms with van der Waals surface area (Å²) in [6, 6.07) is -0.722. The van der Waals surface area contributed by atoms with E-state index in [9.17, 15) is 14.4 Å². The molecule has 0 bridgehead atoms. The van der Waals surface area contributed by atoms with Gasteiger partial charge in [-0.1, -0.05) is 124 Å². The summed E-state index contributed by atoms with van der Waals surface area (Å²) in [6.07, 6.45) is 23.3. The Bertz CT molecular complexity index is 1180. The SMILES string of the molecule is CCCCCCCCCCCCCCCCCCCC(=O)OCCC(COC(=O)[C@@H](N)C(C)C)Cc1nc2nc(N)[nH]c(=O)c2[nH]1. The van der Waals surface area contributed by atoms with Crippen LogP contribution in [0, 0.1) is 11.8 Å². The van der Waals surface area contributed by atoms with Gasteiger partial charge in [-0.05, 0) is 18.8 Å². The fourth-order valence-electron chi connectivity index (χ4n) is 5.56. The molecule has 1 unspecified atom stereocenters. The first-order valence-corrected chi connectivity index (χ1v) is 18.0. The van der Waals surface area contributed by atoms with Crippen LogP contribution >= 0.6 is 0 Å². The highest BCUT2D eigenvalue weighted by Gasteiger charge is 2.22. The van der Waals surface area contributed by atoms with E-state index in [1.54, 1.807) is 0 Å². The van der Waals surface area contributed by atoms with Crippen LogP contribution in [0.1, 0.15) is 149 Å². The Balaban J connectivity index is 1.59. The number of ether oxygens (including phenoxy) is 2. The van der Waals surface area contributed by atoms with Gasteiger partial charge in [-0.2, -0.15) is 4.98 Å². The highest BCUT2D eigenvalue weighted by Crippen LogP contribution is 2.17. The number of esters is 2. The zero-order valence-corrected chi connectivity index (χ0v) is 28.9. The van der Waals surface area contributed by atoms with Crippen molar-refractivity contribution in [2.75, 3.05) is 18.9 Å². The van der Waals surface area contributed by atoms with Crippen LogP contribution < -0.4 is 17.0 Å². The third kappa shape index (κ3) is 16.6. The van der Waals surface area contributed by atoms with Crippen molar-refractivity contribution in [3.05, 3.63) is 16.2 Å². The van der Waals surface area contributed by atoms with Crippen molar-refractivity contribution >= 4 is 29.1 Å². The van der Waals surface area contributed by atoms with Gasteiger partial charge in [0.15, 0.2) is 11.2 Å². The number of nitrogen functional groups attached to an aromatic ring is 1. The molecule has 0 aromatic carbocycles. The maximum atomic E-state index is 12.4. The van der Waals surface area contributed by atoms with Gasteiger partial charge in [0.05, 0.1) is 13.2 Å². The number of H-pyrrole nitrogens is 2. The first-order valence-electron chi connectivity index (χ1n) is 18.0. The molecule has 0 radical (unpaired) electrons. The molecule has 11 nitrogen and oxygen atoms in total. The van der Waals surface area contributed by atoms with E-state index in [-0.39, 0.29) is 48.1 Å². The molecule has 2 heterocycles. The zero-order chi connectivity index (χ0) is 33.6. The minimum Gasteiger partial charge on any atom is -0.466 e. The lowest BCUT2D eigenvalue weighted by atomic mass is 10.0. The Morgan fingerprint density at radius 3 is 1.87 bits per heavy atom. The van der Waals surface area contributed by atoms with Gasteiger partial charge < -0.3 is 25.9 Å². The van der Waals surface area contributed by atoms with Gasteiger partial charge in [0.2, 0.25) is 5.95 Å². The number of nitrogens with one attached hydrogen (secondary N) is 2. The van der Waals surface area contributed by atoms with Gasteiger partial charge in [0.1, 0.15) is 11.9 Å². The number of hydrogen-bond acceptors (Lipinski definition) is 9. The van der Waals surface area contributed by atoms with E-state index >= 15 is 0 Å². The number of imidazole rings is 1. The second-order valence-corrected chi connectivity index (χ2v) is 13.2. The maximum absolute atomic E-state index is 12.4. The number of carbonyl (C=O) groups excluding carboxylic acids is 2. The molecule has 0 fully saturated rings. The summed E-state index contributed by atoms with van der Waals surface area (Å²) in [6.45, 7) is 6.26. The van der Waals surface area contributed by atoms with E-state index < -0.39 is 17.6 Å². The second kappa shape index (κ2) is 23.4. The van der Waals surface area contributed by atoms with Crippen LogP contribution in [-0.2, 0) is 25.5 Å². The van der Waals surface area contributed by atoms with Crippen molar-refractivity contribution < 1.29 is 19.1 Å². The summed E-state index contributed by atoms with van der Waals surface area (Å²) < 4.78 is 11.0. The monoisotopic (exact) mass is 646 g/mol. The molecule has 0 aliphatic rings. The van der Waals surface area contributed by atoms with Gasteiger partial charge >= 0.3 is 11.9 Å². The average Bonchev–Trinajstić information content (AvgIpc) is 3.43. The third-order valence-electron chi connectivity index (χ3n) is 8.64. The van der Waals surface area contributed by atoms with Crippen LogP contribution in [0.2, 0.25) is 0 Å². The molecule has 2 atom stereocenters. The topological polar surface area (TPSA) is 179 Å². The van der Waals surface area contributed by atoms with E-state index in [2.05, 4.69) is 26.9 Å². The molecule has 2 aromatic rings. The molecule has 46 heavy (non-hydrogen) atoms. The first kappa shape index (κ1) is 39.2. The molecule has 2 aromatic heterocycles. The fourth-order valence-corrected chi connectivity index (χ4v) is 5.56. The van der Waals surface area contributed by atoms with Crippen molar-refractivity contribution in [3.8, 4) is 0 Å². The molecule has 0 spiro atoms. The number of nitrogens with zero attached hydrogens (tertiary/aromatic N) is 2. The molecule has 11 heteroatoms. The van der Waals surface area contributed by atoms with Gasteiger partial charge in [-0.15, -0.1) is 0 Å². The van der Waals surface area contributed by atoms with Gasteiger partial charge in [-0.3, -0.25) is 19.4 Å². The van der Waals surface area contributed by atoms with Crippen LogP contribution in [0.25, 0.3) is 11.2 Å². The van der Waals surface area contributed by atoms with Crippen LogP contribution in [0.3, 0.4) is 0 Å². The van der Waals surface area contributed by atoms with Crippen LogP contribution in [-0.4, -0.2) is 51.1 Å². The third-order valence-corrected chi connectivity index (χ3v) is 8.64. The summed E-state index contributed by atoms with van der Waals surface area (Å²) in [4.78, 5) is 50.7. The first-order chi connectivity index (χ1) is 22.2. The lowest BCUT2D eigenvalue weighted by Gasteiger charge is -2.19. The quantitative estimate of drug-likeness (QED) is 0.0594. The number of aromatic amines is 2. The Kier molecular flexibility index (Phi) is 19.9. The summed E-state index contributed by atoms with van der Waals surface area (Å²) in [7, 11) is 0. The molecule has 0 saturated heterocycles. The number of hydrogen-bond donors (Lipinski definition) is 4. The molecule has 0 aliphatic carbocycles. The van der Waals surface area contributed by atoms with E-state index in [1.165, 1.54) is 89.9 Å². The van der Waals surface area contributed by atoms with Crippen LogP contribution in [0.15, 0.2) is 4.79 Å². The number of aromatic nitrogens is 4. The molecule has 0 aliphatic heterocycles. The van der Waals surface area contributed by atoms with E-state index in [0.29, 0.717) is 25.1 Å². The number of unbranched alkanes of at least 4 members (excludes halogenated alkanes) is 16. The van der Waals surface area contributed by atoms with E-state index in [0.717, 1.165) is 19.3 Å². The highest BCUT2D eigenvalue weighted by molar-refractivity contribution is 5.75. The molecular weight excluding hydrogens is 584 g/mol. The second-order valence-electron chi connectivity index (χ2n) is 13.2. The van der Waals surface area contributed by atoms with E-state index in [4.69, 9.17) is 20.9 Å². The number of anilines is 1. The number of rotatable bonds is 27. The predicted octanol–water partition coefficient (Wildman–Crippen LogP) is 6.89. The van der Waals surface area contributed by atoms with Crippen LogP contribution in [0.5, 0.6) is 0 Å². The van der Waals surface area contributed by atoms with Crippen molar-refractivity contribution in [1.82, 2.24) is 19.9 Å². The van der Waals surface area contributed by atoms with E-state index in [1.807, 2.05) is 13.8 Å². The lowest BCUT2D eigenvalue weighted by molar-refractivity contribution is -0.149. The predicted molar refractivity (Wildman–Crippen MR) is 184 cm³/mol. The Morgan fingerprint density at radius 2 is 1.33 bits per heavy atom. The highest BCUT2D eigenvalue weighted by atomic mass is 16.5. The minimum absolute atomic E-state index is 0.0183. The largest absolute Gasteiger partial charge is 0.466 e. The molecule has 0 amide bonds. The average molecular weight is 647 g/mol. The van der Waals surface area contributed by atoms with Gasteiger partial charge in [-0.25, -0.2) is 4.98 Å². The molecule has 6 N–H and O–H groups in total. The Morgan fingerprint density at radius 1 is 0.783 bits per heavy atom. The molecule has 0 saturated carbocycles. The van der Waals surface area contributed by atoms with Crippen molar-refractivity contribution in [2.24, 2.45) is 17.6 Å². The molecule has 2 rings (SSSR count). The number of carbonyl (C=O) groups is 2. The minimum atomic E-state index is -0.722. The maximum Gasteiger partial charge on any atom is 0.323 e. The smallest absolute Gasteiger partial charge is 0.323 e. The normalized spacial score (nSPS) is 12.9. The summed E-state index contributed by atoms with van der Waals surface area (Å²) in [5.74, 6) is -0.481. The number of fused-ring (bicyclic) bond motifs is 1. The van der Waals surface area contributed by atoms with Crippen molar-refractivity contribution in [1.29, 1.82) is 0 Å². The summed E-state index contributed by atoms with van der Waals surface area (Å²) in [5, 5.41) is 0. The molecule has 262 valence electrons.